The van der Waals surface area contributed by atoms with Crippen LogP contribution in [0.3, 0.4) is 0 Å². The van der Waals surface area contributed by atoms with Crippen LogP contribution in [0.1, 0.15) is 122 Å². The second kappa shape index (κ2) is 39.2. The van der Waals surface area contributed by atoms with Gasteiger partial charge in [0.1, 0.15) is 17.8 Å². The Morgan fingerprint density at radius 1 is 0.619 bits per heavy atom. The van der Waals surface area contributed by atoms with Crippen molar-refractivity contribution in [2.24, 2.45) is 10.7 Å². The van der Waals surface area contributed by atoms with Crippen LogP contribution in [0.15, 0.2) is 247 Å². The molecule has 504 valence electrons. The summed E-state index contributed by atoms with van der Waals surface area (Å²) in [6.45, 7) is 7.06. The minimum Gasteiger partial charge on any atom is -0.508 e. The van der Waals surface area contributed by atoms with Crippen molar-refractivity contribution in [1.29, 1.82) is 0 Å². The van der Waals surface area contributed by atoms with Gasteiger partial charge in [-0.3, -0.25) is 29.5 Å². The van der Waals surface area contributed by atoms with Crippen molar-refractivity contribution in [3.63, 3.8) is 0 Å². The van der Waals surface area contributed by atoms with Gasteiger partial charge in [-0.15, -0.1) is 0 Å². The maximum Gasteiger partial charge on any atom is 0.253 e. The van der Waals surface area contributed by atoms with E-state index >= 15 is 0 Å². The molecule has 11 aromatic rings. The van der Waals surface area contributed by atoms with Crippen LogP contribution in [-0.4, -0.2) is 65.3 Å². The molecule has 1 aliphatic rings. The number of carbonyl (C=O) groups is 2. The van der Waals surface area contributed by atoms with Gasteiger partial charge in [0.05, 0.1) is 71.8 Å². The highest BCUT2D eigenvalue weighted by atomic mass is 35.6. The molecule has 12 rings (SSSR count). The van der Waals surface area contributed by atoms with Crippen molar-refractivity contribution in [3.8, 4) is 17.1 Å². The SMILES string of the molecule is C(=NCc1ccccn1)c1ccccc1.Cc1ccc(CC(N)c2ccccn2)cc1.Cc1ccc(CO)cc1.Cc1ccc(CO)cc1.O=C(C(Cl)(Cl)Cl)C(Cl)(Cl)Cl.O=C(NC(Cc1ccc(O)cc1)c1ccccn1)c1ccc2c(c1)nc(-c1ccoc1)n2C1CCCCC1. The van der Waals surface area contributed by atoms with Crippen molar-refractivity contribution in [2.45, 2.75) is 111 Å². The highest BCUT2D eigenvalue weighted by molar-refractivity contribution is 6.86. The van der Waals surface area contributed by atoms with E-state index in [0.29, 0.717) is 24.6 Å². The Morgan fingerprint density at radius 2 is 1.13 bits per heavy atom. The summed E-state index contributed by atoms with van der Waals surface area (Å²) in [6.07, 6.45) is 17.9. The fraction of sp³-hybridized carbons (Fsp3) is 0.234. The number of rotatable bonds is 15. The number of carbonyl (C=O) groups excluding carboxylic acids is 2. The number of aliphatic hydroxyl groups is 2. The maximum absolute atomic E-state index is 13.5. The minimum absolute atomic E-state index is 0.0242. The van der Waals surface area contributed by atoms with Gasteiger partial charge >= 0.3 is 0 Å². The molecule has 6 aromatic carbocycles. The molecule has 2 atom stereocenters. The maximum atomic E-state index is 13.5. The van der Waals surface area contributed by atoms with Crippen molar-refractivity contribution in [3.05, 3.63) is 305 Å². The Morgan fingerprint density at radius 3 is 1.63 bits per heavy atom. The number of aliphatic imine (C=N–C) groups is 1. The molecule has 2 unspecified atom stereocenters. The molecular formula is C77H78Cl6N8O6. The van der Waals surface area contributed by atoms with Gasteiger partial charge in [0.15, 0.2) is 0 Å². The van der Waals surface area contributed by atoms with Gasteiger partial charge in [0, 0.05) is 36.4 Å². The van der Waals surface area contributed by atoms with Gasteiger partial charge in [-0.05, 0) is 147 Å². The van der Waals surface area contributed by atoms with Crippen LogP contribution < -0.4 is 11.1 Å². The Bertz CT molecular complexity index is 4040. The average molecular weight is 1420 g/mol. The van der Waals surface area contributed by atoms with E-state index in [1.54, 1.807) is 43.2 Å². The van der Waals surface area contributed by atoms with Gasteiger partial charge in [0.2, 0.25) is 5.78 Å². The van der Waals surface area contributed by atoms with Gasteiger partial charge < -0.3 is 35.4 Å². The van der Waals surface area contributed by atoms with Gasteiger partial charge in [-0.2, -0.15) is 0 Å². The van der Waals surface area contributed by atoms with Crippen molar-refractivity contribution in [1.82, 2.24) is 29.8 Å². The number of fused-ring (bicyclic) bond motifs is 1. The Hall–Kier alpha value is -8.25. The highest BCUT2D eigenvalue weighted by Crippen LogP contribution is 2.40. The van der Waals surface area contributed by atoms with E-state index in [-0.39, 0.29) is 37.0 Å². The topological polar surface area (TPSA) is 215 Å². The molecule has 5 aromatic heterocycles. The van der Waals surface area contributed by atoms with Crippen LogP contribution >= 0.6 is 69.6 Å². The first-order valence-electron chi connectivity index (χ1n) is 31.4. The number of aromatic hydroxyl groups is 1. The van der Waals surface area contributed by atoms with Crippen LogP contribution in [0.2, 0.25) is 0 Å². The number of furan rings is 1. The number of nitrogens with two attached hydrogens (primary N) is 1. The zero-order valence-electron chi connectivity index (χ0n) is 54.0. The molecule has 97 heavy (non-hydrogen) atoms. The predicted octanol–water partition coefficient (Wildman–Crippen LogP) is 18.2. The summed E-state index contributed by atoms with van der Waals surface area (Å²) in [5.74, 6) is -0.173. The second-order valence-corrected chi connectivity index (χ2v) is 27.4. The highest BCUT2D eigenvalue weighted by Gasteiger charge is 2.44. The third-order valence-corrected chi connectivity index (χ3v) is 16.2. The van der Waals surface area contributed by atoms with E-state index in [1.807, 2.05) is 190 Å². The number of hydrogen-bond acceptors (Lipinski definition) is 12. The summed E-state index contributed by atoms with van der Waals surface area (Å²) < 4.78 is 3.36. The molecule has 5 heterocycles. The summed E-state index contributed by atoms with van der Waals surface area (Å²) in [5, 5.41) is 30.1. The zero-order valence-corrected chi connectivity index (χ0v) is 58.5. The molecule has 6 N–H and O–H groups in total. The number of pyridine rings is 3. The number of halogens is 6. The first-order valence-corrected chi connectivity index (χ1v) is 33.7. The molecule has 1 aliphatic carbocycles. The molecule has 0 aliphatic heterocycles. The molecule has 1 saturated carbocycles. The lowest BCUT2D eigenvalue weighted by Gasteiger charge is -2.25. The van der Waals surface area contributed by atoms with Crippen LogP contribution in [0, 0.1) is 20.8 Å². The normalized spacial score (nSPS) is 12.7. The van der Waals surface area contributed by atoms with Crippen molar-refractivity contribution >= 4 is 98.5 Å². The number of alkyl halides is 6. The number of Topliss-reactive ketones (excluding diaryl/α,β-unsaturated/α-hetero) is 1. The monoisotopic (exact) mass is 1420 g/mol. The van der Waals surface area contributed by atoms with E-state index in [9.17, 15) is 14.7 Å². The predicted molar refractivity (Wildman–Crippen MR) is 394 cm³/mol. The number of imidazole rings is 1. The molecule has 0 radical (unpaired) electrons. The summed E-state index contributed by atoms with van der Waals surface area (Å²) in [6, 6.07) is 66.4. The third-order valence-electron chi connectivity index (χ3n) is 15.2. The molecule has 0 spiro atoms. The largest absolute Gasteiger partial charge is 0.508 e. The average Bonchev–Trinajstić information content (AvgIpc) is 1.62. The first kappa shape index (κ1) is 76.1. The summed E-state index contributed by atoms with van der Waals surface area (Å²) in [7, 11) is 0. The molecule has 0 bridgehead atoms. The van der Waals surface area contributed by atoms with Gasteiger partial charge in [-0.1, -0.05) is 239 Å². The van der Waals surface area contributed by atoms with Gasteiger partial charge in [-0.25, -0.2) is 4.98 Å². The number of aryl methyl sites for hydroxylation is 3. The Kier molecular flexibility index (Phi) is 30.8. The number of ketones is 1. The first-order chi connectivity index (χ1) is 46.7. The number of phenolic OH excluding ortho intramolecular Hbond substituents is 1. The number of amides is 1. The molecular weight excluding hydrogens is 1350 g/mol. The minimum atomic E-state index is -2.18. The lowest BCUT2D eigenvalue weighted by atomic mass is 9.95. The number of benzene rings is 6. The quantitative estimate of drug-likeness (QED) is 0.0481. The molecule has 14 nitrogen and oxygen atoms in total. The van der Waals surface area contributed by atoms with Crippen molar-refractivity contribution < 1.29 is 29.3 Å². The van der Waals surface area contributed by atoms with E-state index in [4.69, 9.17) is 95.0 Å². The van der Waals surface area contributed by atoms with Crippen LogP contribution in [-0.2, 0) is 37.4 Å². The number of nitrogens with one attached hydrogen (secondary N) is 1. The van der Waals surface area contributed by atoms with E-state index in [2.05, 4.69) is 61.0 Å². The lowest BCUT2D eigenvalue weighted by Crippen LogP contribution is -2.31. The van der Waals surface area contributed by atoms with Crippen LogP contribution in [0.5, 0.6) is 5.75 Å². The summed E-state index contributed by atoms with van der Waals surface area (Å²) in [4.78, 5) is 46.5. The number of nitrogens with zero attached hydrogens (tertiary/aromatic N) is 6. The third kappa shape index (κ3) is 25.9. The molecule has 20 heteroatoms. The van der Waals surface area contributed by atoms with E-state index in [0.717, 1.165) is 81.0 Å². The van der Waals surface area contributed by atoms with E-state index < -0.39 is 13.4 Å². The molecule has 1 fully saturated rings. The Balaban J connectivity index is 0.000000186. The smallest absolute Gasteiger partial charge is 0.253 e. The standard InChI is InChI=1S/C31H30N4O3.C14H16N2.C13H12N2.2C8H10O.C3Cl6O/c36-25-12-9-21(10-13-25)18-27(26-8-4-5-16-32-26)34-31(37)22-11-14-29-28(19-22)33-30(23-15-17-38-20-23)35(29)24-6-2-1-3-7-24;1-11-5-7-12(8-6-11)10-13(15)14-4-2-3-9-16-14;1-2-6-12(7-3-1)10-14-11-13-8-4-5-9-15-13;2*1-7-2-4-8(6-9)5-3-7;4-2(5,6)1(10)3(7,8)9/h4-5,8-17,19-20,24,27,36H,1-3,6-7,18H2,(H,34,37);2-9,13H,10,15H2,1H3;1-10H,11H2;2*2-5,9H,6H2,1H3;. The van der Waals surface area contributed by atoms with Crippen molar-refractivity contribution in [2.75, 3.05) is 0 Å². The molecule has 1 amide bonds. The Labute approximate surface area is 597 Å². The fourth-order valence-corrected chi connectivity index (χ4v) is 11.3. The van der Waals surface area contributed by atoms with Crippen LogP contribution in [0.25, 0.3) is 22.4 Å². The van der Waals surface area contributed by atoms with Gasteiger partial charge in [0.25, 0.3) is 13.5 Å². The molecule has 0 saturated heterocycles. The summed E-state index contributed by atoms with van der Waals surface area (Å²) >= 11 is 30.6. The summed E-state index contributed by atoms with van der Waals surface area (Å²) in [5.41, 5.74) is 21.2. The zero-order chi connectivity index (χ0) is 69.6. The number of aromatic nitrogens is 5. The fourth-order valence-electron chi connectivity index (χ4n) is 9.97. The number of aliphatic hydroxyl groups excluding tert-OH is 2. The van der Waals surface area contributed by atoms with Crippen LogP contribution in [0.4, 0.5) is 0 Å². The lowest BCUT2D eigenvalue weighted by molar-refractivity contribution is -0.117. The van der Waals surface area contributed by atoms with E-state index in [1.165, 1.54) is 41.5 Å². The number of hydrogen-bond donors (Lipinski definition) is 5. The number of phenols is 1. The second-order valence-electron chi connectivity index (χ2n) is 22.8.